The standard InChI is InChI=1S/C19H17FN4O/c20-15-5-7-16(8-6-15)22-19(25)24-12-11-23-10-2-4-17(23)18(24)14-3-1-9-21-13-14/h1-10,13,18H,11-12H2,(H,22,25)/t18-/m0/s1. The zero-order valence-corrected chi connectivity index (χ0v) is 13.5. The Hall–Kier alpha value is -3.15. The summed E-state index contributed by atoms with van der Waals surface area (Å²) in [7, 11) is 0. The highest BCUT2D eigenvalue weighted by Crippen LogP contribution is 2.32. The third-order valence-corrected chi connectivity index (χ3v) is 4.39. The van der Waals surface area contributed by atoms with Crippen LogP contribution in [0.25, 0.3) is 0 Å². The molecule has 6 heteroatoms. The third kappa shape index (κ3) is 2.98. The number of nitrogens with zero attached hydrogens (tertiary/aromatic N) is 3. The van der Waals surface area contributed by atoms with Crippen molar-refractivity contribution >= 4 is 11.7 Å². The van der Waals surface area contributed by atoms with E-state index in [0.717, 1.165) is 17.8 Å². The summed E-state index contributed by atoms with van der Waals surface area (Å²) < 4.78 is 15.2. The summed E-state index contributed by atoms with van der Waals surface area (Å²) in [6.07, 6.45) is 5.52. The lowest BCUT2D eigenvalue weighted by Gasteiger charge is -2.37. The van der Waals surface area contributed by atoms with Crippen molar-refractivity contribution in [3.63, 3.8) is 0 Å². The van der Waals surface area contributed by atoms with E-state index < -0.39 is 0 Å². The highest BCUT2D eigenvalue weighted by atomic mass is 19.1. The molecule has 1 aliphatic heterocycles. The summed E-state index contributed by atoms with van der Waals surface area (Å²) in [5.74, 6) is -0.331. The predicted molar refractivity (Wildman–Crippen MR) is 92.6 cm³/mol. The molecule has 1 N–H and O–H groups in total. The van der Waals surface area contributed by atoms with Gasteiger partial charge in [0.25, 0.3) is 0 Å². The number of halogens is 1. The SMILES string of the molecule is O=C(Nc1ccc(F)cc1)N1CCn2cccc2[C@@H]1c1cccnc1. The molecule has 1 aromatic carbocycles. The van der Waals surface area contributed by atoms with E-state index in [-0.39, 0.29) is 17.9 Å². The van der Waals surface area contributed by atoms with Crippen molar-refractivity contribution in [1.82, 2.24) is 14.5 Å². The number of fused-ring (bicyclic) bond motifs is 1. The van der Waals surface area contributed by atoms with Crippen LogP contribution in [-0.2, 0) is 6.54 Å². The van der Waals surface area contributed by atoms with E-state index in [1.54, 1.807) is 29.4 Å². The van der Waals surface area contributed by atoms with Crippen molar-refractivity contribution in [2.24, 2.45) is 0 Å². The van der Waals surface area contributed by atoms with Gasteiger partial charge < -0.3 is 14.8 Å². The van der Waals surface area contributed by atoms with Gasteiger partial charge in [0.1, 0.15) is 11.9 Å². The Kier molecular flexibility index (Phi) is 3.93. The topological polar surface area (TPSA) is 50.2 Å². The molecule has 0 bridgehead atoms. The number of benzene rings is 1. The fourth-order valence-electron chi connectivity index (χ4n) is 3.22. The van der Waals surface area contributed by atoms with Crippen LogP contribution in [0.1, 0.15) is 17.3 Å². The molecule has 0 fully saturated rings. The normalized spacial score (nSPS) is 16.4. The van der Waals surface area contributed by atoms with Gasteiger partial charge in [-0.1, -0.05) is 6.07 Å². The number of pyridine rings is 1. The smallest absolute Gasteiger partial charge is 0.322 e. The molecule has 0 radical (unpaired) electrons. The van der Waals surface area contributed by atoms with E-state index in [4.69, 9.17) is 0 Å². The molecule has 0 aliphatic carbocycles. The lowest BCUT2D eigenvalue weighted by Crippen LogP contribution is -2.44. The van der Waals surface area contributed by atoms with Crippen LogP contribution in [0.4, 0.5) is 14.9 Å². The van der Waals surface area contributed by atoms with Gasteiger partial charge in [-0.2, -0.15) is 0 Å². The molecule has 0 spiro atoms. The van der Waals surface area contributed by atoms with E-state index in [1.807, 2.05) is 30.5 Å². The Balaban J connectivity index is 1.65. The molecule has 3 aromatic rings. The molecule has 126 valence electrons. The molecule has 2 amide bonds. The van der Waals surface area contributed by atoms with Crippen LogP contribution in [-0.4, -0.2) is 27.0 Å². The molecule has 3 heterocycles. The second-order valence-electron chi connectivity index (χ2n) is 5.95. The Bertz CT molecular complexity index is 876. The third-order valence-electron chi connectivity index (χ3n) is 4.39. The van der Waals surface area contributed by atoms with Crippen molar-refractivity contribution in [2.75, 3.05) is 11.9 Å². The molecular formula is C19H17FN4O. The van der Waals surface area contributed by atoms with Crippen molar-refractivity contribution in [3.05, 3.63) is 84.2 Å². The number of rotatable bonds is 2. The fourth-order valence-corrected chi connectivity index (χ4v) is 3.22. The van der Waals surface area contributed by atoms with Crippen molar-refractivity contribution in [1.29, 1.82) is 0 Å². The summed E-state index contributed by atoms with van der Waals surface area (Å²) in [6, 6.07) is 13.2. The molecule has 1 atom stereocenters. The van der Waals surface area contributed by atoms with Gasteiger partial charge in [0.2, 0.25) is 0 Å². The molecule has 25 heavy (non-hydrogen) atoms. The van der Waals surface area contributed by atoms with Crippen LogP contribution in [0.5, 0.6) is 0 Å². The van der Waals surface area contributed by atoms with Crippen LogP contribution in [0.15, 0.2) is 67.1 Å². The first-order chi connectivity index (χ1) is 12.2. The van der Waals surface area contributed by atoms with Gasteiger partial charge in [-0.25, -0.2) is 9.18 Å². The molecule has 0 saturated carbocycles. The maximum absolute atomic E-state index is 13.1. The zero-order valence-electron chi connectivity index (χ0n) is 13.5. The van der Waals surface area contributed by atoms with E-state index in [1.165, 1.54) is 12.1 Å². The largest absolute Gasteiger partial charge is 0.348 e. The first-order valence-electron chi connectivity index (χ1n) is 8.10. The molecular weight excluding hydrogens is 319 g/mol. The summed E-state index contributed by atoms with van der Waals surface area (Å²) in [6.45, 7) is 1.31. The Morgan fingerprint density at radius 1 is 1.12 bits per heavy atom. The van der Waals surface area contributed by atoms with Crippen molar-refractivity contribution in [3.8, 4) is 0 Å². The van der Waals surface area contributed by atoms with Gasteiger partial charge >= 0.3 is 6.03 Å². The number of anilines is 1. The molecule has 4 rings (SSSR count). The fraction of sp³-hybridized carbons (Fsp3) is 0.158. The van der Waals surface area contributed by atoms with Crippen molar-refractivity contribution in [2.45, 2.75) is 12.6 Å². The summed E-state index contributed by atoms with van der Waals surface area (Å²) in [4.78, 5) is 18.8. The second-order valence-corrected chi connectivity index (χ2v) is 5.95. The quantitative estimate of drug-likeness (QED) is 0.776. The zero-order chi connectivity index (χ0) is 17.2. The minimum atomic E-state index is -0.331. The van der Waals surface area contributed by atoms with Gasteiger partial charge in [-0.3, -0.25) is 4.98 Å². The van der Waals surface area contributed by atoms with Gasteiger partial charge in [0.15, 0.2) is 0 Å². The first kappa shape index (κ1) is 15.4. The molecule has 0 unspecified atom stereocenters. The highest BCUT2D eigenvalue weighted by molar-refractivity contribution is 5.90. The number of urea groups is 1. The molecule has 0 saturated heterocycles. The van der Waals surface area contributed by atoms with Gasteiger partial charge in [0.05, 0.1) is 0 Å². The average molecular weight is 336 g/mol. The number of hydrogen-bond donors (Lipinski definition) is 1. The van der Waals surface area contributed by atoms with Gasteiger partial charge in [0, 0.05) is 43.1 Å². The van der Waals surface area contributed by atoms with Gasteiger partial charge in [-0.15, -0.1) is 0 Å². The summed E-state index contributed by atoms with van der Waals surface area (Å²) >= 11 is 0. The average Bonchev–Trinajstić information content (AvgIpc) is 3.12. The number of aromatic nitrogens is 2. The lowest BCUT2D eigenvalue weighted by atomic mass is 10.0. The van der Waals surface area contributed by atoms with Crippen LogP contribution in [0, 0.1) is 5.82 Å². The van der Waals surface area contributed by atoms with Crippen LogP contribution in [0.2, 0.25) is 0 Å². The second kappa shape index (κ2) is 6.39. The highest BCUT2D eigenvalue weighted by Gasteiger charge is 2.32. The maximum Gasteiger partial charge on any atom is 0.322 e. The van der Waals surface area contributed by atoms with Crippen LogP contribution < -0.4 is 5.32 Å². The van der Waals surface area contributed by atoms with E-state index in [2.05, 4.69) is 14.9 Å². The molecule has 1 aliphatic rings. The van der Waals surface area contributed by atoms with Crippen LogP contribution >= 0.6 is 0 Å². The Morgan fingerprint density at radius 2 is 1.96 bits per heavy atom. The Labute approximate surface area is 144 Å². The lowest BCUT2D eigenvalue weighted by molar-refractivity contribution is 0.181. The number of nitrogens with one attached hydrogen (secondary N) is 1. The van der Waals surface area contributed by atoms with E-state index >= 15 is 0 Å². The number of carbonyl (C=O) groups is 1. The van der Waals surface area contributed by atoms with Gasteiger partial charge in [-0.05, 0) is 48.0 Å². The van der Waals surface area contributed by atoms with Crippen molar-refractivity contribution < 1.29 is 9.18 Å². The van der Waals surface area contributed by atoms with Crippen LogP contribution in [0.3, 0.4) is 0 Å². The minimum Gasteiger partial charge on any atom is -0.348 e. The number of carbonyl (C=O) groups excluding carboxylic acids is 1. The van der Waals surface area contributed by atoms with E-state index in [9.17, 15) is 9.18 Å². The number of amides is 2. The summed E-state index contributed by atoms with van der Waals surface area (Å²) in [5.41, 5.74) is 2.57. The Morgan fingerprint density at radius 3 is 2.72 bits per heavy atom. The summed E-state index contributed by atoms with van der Waals surface area (Å²) in [5, 5.41) is 2.85. The molecule has 5 nitrogen and oxygen atoms in total. The number of hydrogen-bond acceptors (Lipinski definition) is 2. The maximum atomic E-state index is 13.1. The monoisotopic (exact) mass is 336 g/mol. The van der Waals surface area contributed by atoms with E-state index in [0.29, 0.717) is 12.2 Å². The first-order valence-corrected chi connectivity index (χ1v) is 8.10. The predicted octanol–water partition coefficient (Wildman–Crippen LogP) is 3.66. The minimum absolute atomic E-state index is 0.210. The molecule has 2 aromatic heterocycles.